The third-order valence-electron chi connectivity index (χ3n) is 2.63. The predicted molar refractivity (Wildman–Crippen MR) is 64.6 cm³/mol. The van der Waals surface area contributed by atoms with Crippen molar-refractivity contribution >= 4 is 21.4 Å². The first kappa shape index (κ1) is 12.9. The summed E-state index contributed by atoms with van der Waals surface area (Å²) in [4.78, 5) is 3.95. The molecule has 1 aromatic rings. The summed E-state index contributed by atoms with van der Waals surface area (Å²) in [5.74, 6) is 0. The predicted octanol–water partition coefficient (Wildman–Crippen LogP) is -0.283. The number of aromatic nitrogens is 1. The zero-order valence-corrected chi connectivity index (χ0v) is 11.3. The molecule has 6 nitrogen and oxygen atoms in total. The largest absolute Gasteiger partial charge is 0.378 e. The molecule has 0 aliphatic carbocycles. The Morgan fingerprint density at radius 3 is 2.94 bits per heavy atom. The van der Waals surface area contributed by atoms with Crippen molar-refractivity contribution in [1.29, 1.82) is 0 Å². The lowest BCUT2D eigenvalue weighted by molar-refractivity contribution is 0.103. The summed E-state index contributed by atoms with van der Waals surface area (Å²) in [6, 6.07) is -0.229. The van der Waals surface area contributed by atoms with Gasteiger partial charge in [0.25, 0.3) is 10.0 Å². The third-order valence-corrected chi connectivity index (χ3v) is 5.50. The smallest absolute Gasteiger partial charge is 0.252 e. The number of sulfonamides is 1. The topological polar surface area (TPSA) is 80.3 Å². The number of nitrogens with one attached hydrogen (secondary N) is 2. The van der Waals surface area contributed by atoms with E-state index in [1.807, 2.05) is 0 Å². The summed E-state index contributed by atoms with van der Waals surface area (Å²) in [5.41, 5.74) is 0. The molecule has 1 aliphatic rings. The van der Waals surface area contributed by atoms with Gasteiger partial charge < -0.3 is 10.1 Å². The number of hydrogen-bond acceptors (Lipinski definition) is 6. The highest BCUT2D eigenvalue weighted by atomic mass is 32.2. The minimum absolute atomic E-state index is 0.126. The lowest BCUT2D eigenvalue weighted by Crippen LogP contribution is -2.43. The Kier molecular flexibility index (Phi) is 3.79. The fourth-order valence-corrected chi connectivity index (χ4v) is 4.13. The van der Waals surface area contributed by atoms with Gasteiger partial charge in [-0.1, -0.05) is 0 Å². The normalized spacial score (nSPS) is 25.3. The van der Waals surface area contributed by atoms with Crippen LogP contribution in [0.3, 0.4) is 0 Å². The van der Waals surface area contributed by atoms with Crippen molar-refractivity contribution in [2.75, 3.05) is 20.2 Å². The highest BCUT2D eigenvalue weighted by molar-refractivity contribution is 7.91. The van der Waals surface area contributed by atoms with E-state index < -0.39 is 10.0 Å². The van der Waals surface area contributed by atoms with Crippen molar-refractivity contribution < 1.29 is 13.2 Å². The van der Waals surface area contributed by atoms with Crippen LogP contribution in [0.4, 0.5) is 0 Å². The maximum Gasteiger partial charge on any atom is 0.252 e. The standard InChI is InChI=1S/C9H15N3O3S2/c1-6-11-5-9(16-6)17(13,14)12-7-3-10-4-8(7)15-2/h5,7-8,10,12H,3-4H2,1-2H3/t7?,8-/m0/s1. The quantitative estimate of drug-likeness (QED) is 0.791. The number of aryl methyl sites for hydroxylation is 1. The van der Waals surface area contributed by atoms with Gasteiger partial charge in [0.05, 0.1) is 23.4 Å². The second kappa shape index (κ2) is 4.99. The molecule has 0 amide bonds. The fraction of sp³-hybridized carbons (Fsp3) is 0.667. The summed E-state index contributed by atoms with van der Waals surface area (Å²) in [6.45, 7) is 3.01. The molecule has 0 aromatic carbocycles. The number of rotatable bonds is 4. The number of thiazole rings is 1. The van der Waals surface area contributed by atoms with Crippen molar-refractivity contribution in [3.8, 4) is 0 Å². The summed E-state index contributed by atoms with van der Waals surface area (Å²) in [5, 5.41) is 3.82. The molecule has 1 fully saturated rings. The fourth-order valence-electron chi connectivity index (χ4n) is 1.74. The number of nitrogens with zero attached hydrogens (tertiary/aromatic N) is 1. The van der Waals surface area contributed by atoms with Gasteiger partial charge >= 0.3 is 0 Å². The van der Waals surface area contributed by atoms with Gasteiger partial charge in [0.2, 0.25) is 0 Å². The number of methoxy groups -OCH3 is 1. The van der Waals surface area contributed by atoms with Crippen molar-refractivity contribution in [3.05, 3.63) is 11.2 Å². The molecular formula is C9H15N3O3S2. The van der Waals surface area contributed by atoms with E-state index in [9.17, 15) is 8.42 Å². The van der Waals surface area contributed by atoms with Gasteiger partial charge in [-0.3, -0.25) is 0 Å². The molecule has 96 valence electrons. The van der Waals surface area contributed by atoms with E-state index in [-0.39, 0.29) is 16.4 Å². The molecule has 0 spiro atoms. The Morgan fingerprint density at radius 2 is 2.35 bits per heavy atom. The van der Waals surface area contributed by atoms with Gasteiger partial charge in [-0.15, -0.1) is 11.3 Å². The van der Waals surface area contributed by atoms with E-state index >= 15 is 0 Å². The Balaban J connectivity index is 2.12. The molecule has 1 aliphatic heterocycles. The number of hydrogen-bond donors (Lipinski definition) is 2. The second-order valence-corrected chi connectivity index (χ2v) is 7.03. The molecule has 0 saturated carbocycles. The highest BCUT2D eigenvalue weighted by Gasteiger charge is 2.31. The van der Waals surface area contributed by atoms with Crippen LogP contribution in [0, 0.1) is 6.92 Å². The second-order valence-electron chi connectivity index (χ2n) is 3.86. The zero-order chi connectivity index (χ0) is 12.5. The van der Waals surface area contributed by atoms with Crippen LogP contribution in [0.2, 0.25) is 0 Å². The highest BCUT2D eigenvalue weighted by Crippen LogP contribution is 2.18. The van der Waals surface area contributed by atoms with Crippen LogP contribution in [0.5, 0.6) is 0 Å². The Hall–Kier alpha value is -0.540. The summed E-state index contributed by atoms with van der Waals surface area (Å²) >= 11 is 1.16. The molecule has 2 rings (SSSR count). The SMILES string of the molecule is CO[C@H]1CNCC1NS(=O)(=O)c1cnc(C)s1. The van der Waals surface area contributed by atoms with Gasteiger partial charge in [0.15, 0.2) is 4.21 Å². The average Bonchev–Trinajstić information content (AvgIpc) is 2.86. The van der Waals surface area contributed by atoms with E-state index in [4.69, 9.17) is 4.74 Å². The van der Waals surface area contributed by atoms with Crippen LogP contribution in [0.15, 0.2) is 10.4 Å². The Labute approximate surface area is 104 Å². The van der Waals surface area contributed by atoms with E-state index in [1.54, 1.807) is 14.0 Å². The van der Waals surface area contributed by atoms with Crippen molar-refractivity contribution in [2.24, 2.45) is 0 Å². The molecule has 17 heavy (non-hydrogen) atoms. The summed E-state index contributed by atoms with van der Waals surface area (Å²) in [7, 11) is -1.90. The summed E-state index contributed by atoms with van der Waals surface area (Å²) < 4.78 is 32.2. The van der Waals surface area contributed by atoms with E-state index in [1.165, 1.54) is 6.20 Å². The van der Waals surface area contributed by atoms with Gasteiger partial charge in [-0.25, -0.2) is 18.1 Å². The molecule has 1 unspecified atom stereocenters. The first-order valence-corrected chi connectivity index (χ1v) is 7.51. The van der Waals surface area contributed by atoms with Crippen molar-refractivity contribution in [3.63, 3.8) is 0 Å². The van der Waals surface area contributed by atoms with E-state index in [0.29, 0.717) is 13.1 Å². The van der Waals surface area contributed by atoms with Crippen LogP contribution in [0.25, 0.3) is 0 Å². The molecule has 1 aromatic heterocycles. The lowest BCUT2D eigenvalue weighted by Gasteiger charge is -2.17. The maximum absolute atomic E-state index is 12.0. The Morgan fingerprint density at radius 1 is 1.59 bits per heavy atom. The molecule has 0 bridgehead atoms. The van der Waals surface area contributed by atoms with Crippen LogP contribution in [-0.4, -0.2) is 45.7 Å². The molecule has 2 atom stereocenters. The van der Waals surface area contributed by atoms with Gasteiger partial charge in [-0.2, -0.15) is 0 Å². The molecule has 2 N–H and O–H groups in total. The molecule has 2 heterocycles. The minimum atomic E-state index is -3.48. The Bertz CT molecular complexity index is 485. The minimum Gasteiger partial charge on any atom is -0.378 e. The van der Waals surface area contributed by atoms with E-state index in [0.717, 1.165) is 16.3 Å². The van der Waals surface area contributed by atoms with Crippen molar-refractivity contribution in [1.82, 2.24) is 15.0 Å². The monoisotopic (exact) mass is 277 g/mol. The van der Waals surface area contributed by atoms with E-state index in [2.05, 4.69) is 15.0 Å². The third kappa shape index (κ3) is 2.83. The first-order chi connectivity index (χ1) is 8.03. The molecule has 0 radical (unpaired) electrons. The maximum atomic E-state index is 12.0. The molecular weight excluding hydrogens is 262 g/mol. The van der Waals surface area contributed by atoms with Crippen LogP contribution in [0.1, 0.15) is 5.01 Å². The molecule has 1 saturated heterocycles. The van der Waals surface area contributed by atoms with Crippen LogP contribution < -0.4 is 10.0 Å². The van der Waals surface area contributed by atoms with Gasteiger partial charge in [-0.05, 0) is 6.92 Å². The zero-order valence-electron chi connectivity index (χ0n) is 9.63. The summed E-state index contributed by atoms with van der Waals surface area (Å²) in [6.07, 6.45) is 1.26. The van der Waals surface area contributed by atoms with Crippen LogP contribution in [-0.2, 0) is 14.8 Å². The van der Waals surface area contributed by atoms with Crippen LogP contribution >= 0.6 is 11.3 Å². The van der Waals surface area contributed by atoms with Gasteiger partial charge in [0, 0.05) is 20.2 Å². The molecule has 8 heteroatoms. The van der Waals surface area contributed by atoms with Gasteiger partial charge in [0.1, 0.15) is 0 Å². The number of ether oxygens (including phenoxy) is 1. The average molecular weight is 277 g/mol. The van der Waals surface area contributed by atoms with Crippen molar-refractivity contribution in [2.45, 2.75) is 23.3 Å². The first-order valence-electron chi connectivity index (χ1n) is 5.21. The lowest BCUT2D eigenvalue weighted by atomic mass is 10.2.